The van der Waals surface area contributed by atoms with Crippen molar-refractivity contribution in [1.29, 1.82) is 0 Å². The molecule has 0 spiro atoms. The van der Waals surface area contributed by atoms with E-state index in [1.807, 2.05) is 0 Å². The van der Waals surface area contributed by atoms with E-state index in [0.29, 0.717) is 0 Å². The fourth-order valence-electron chi connectivity index (χ4n) is 1.83. The van der Waals surface area contributed by atoms with Crippen molar-refractivity contribution in [3.63, 3.8) is 0 Å². The van der Waals surface area contributed by atoms with Crippen LogP contribution in [0, 0.1) is 0 Å². The average Bonchev–Trinajstić information content (AvgIpc) is 2.68. The monoisotopic (exact) mass is 254 g/mol. The molecule has 2 rings (SSSR count). The van der Waals surface area contributed by atoms with E-state index in [2.05, 4.69) is 4.98 Å². The molecular weight excluding hydrogens is 249 g/mol. The lowest BCUT2D eigenvalue weighted by molar-refractivity contribution is 0.655. The lowest BCUT2D eigenvalue weighted by Gasteiger charge is -2.26. The van der Waals surface area contributed by atoms with Gasteiger partial charge in [0.25, 0.3) is 5.56 Å². The van der Waals surface area contributed by atoms with Crippen molar-refractivity contribution < 1.29 is 0 Å². The van der Waals surface area contributed by atoms with Crippen molar-refractivity contribution >= 4 is 58.2 Å². The minimum absolute atomic E-state index is 0.148. The van der Waals surface area contributed by atoms with E-state index in [-0.39, 0.29) is 11.2 Å². The highest BCUT2D eigenvalue weighted by atomic mass is 16.2. The van der Waals surface area contributed by atoms with Gasteiger partial charge < -0.3 is 4.57 Å². The number of hydrogen-bond acceptors (Lipinski definition) is 3. The lowest BCUT2D eigenvalue weighted by atomic mass is 9.49. The van der Waals surface area contributed by atoms with Crippen molar-refractivity contribution in [2.45, 2.75) is 10.5 Å². The first-order valence-corrected chi connectivity index (χ1v) is 5.39. The Labute approximate surface area is 122 Å². The zero-order valence-corrected chi connectivity index (χ0v) is 10.6. The van der Waals surface area contributed by atoms with Gasteiger partial charge in [0.2, 0.25) is 0 Å². The van der Waals surface area contributed by atoms with Crippen molar-refractivity contribution in [3.8, 4) is 0 Å². The molecule has 0 atom stereocenters. The summed E-state index contributed by atoms with van der Waals surface area (Å²) < 4.78 is 2.48. The minimum atomic E-state index is -2.07. The molecule has 2 aromatic rings. The molecule has 0 bridgehead atoms. The second-order valence-corrected chi connectivity index (χ2v) is 4.54. The Balaban J connectivity index is 3.10. The number of fused-ring (bicyclic) bond motifs is 1. The molecule has 2 aromatic heterocycles. The van der Waals surface area contributed by atoms with Gasteiger partial charge in [0, 0.05) is 7.05 Å². The van der Waals surface area contributed by atoms with E-state index < -0.39 is 21.7 Å². The molecule has 0 saturated carbocycles. The van der Waals surface area contributed by atoms with Crippen LogP contribution in [0.15, 0.2) is 15.9 Å². The SMILES string of the molecule is [B]C([B])([B])n1cnc2c1c(=O)n(C)c(=O)n2C([B])([B])[B]. The van der Waals surface area contributed by atoms with Crippen molar-refractivity contribution in [1.82, 2.24) is 18.7 Å². The third kappa shape index (κ3) is 2.11. The first kappa shape index (κ1) is 14.9. The van der Waals surface area contributed by atoms with Crippen molar-refractivity contribution in [2.75, 3.05) is 0 Å². The Morgan fingerprint density at radius 3 is 2.05 bits per heavy atom. The predicted molar refractivity (Wildman–Crippen MR) is 79.7 cm³/mol. The zero-order valence-electron chi connectivity index (χ0n) is 10.6. The summed E-state index contributed by atoms with van der Waals surface area (Å²) in [6.45, 7) is 0. The maximum Gasteiger partial charge on any atom is 0.330 e. The van der Waals surface area contributed by atoms with Gasteiger partial charge in [-0.2, -0.15) is 0 Å². The molecule has 12 radical (unpaired) electrons. The summed E-state index contributed by atoms with van der Waals surface area (Å²) in [7, 11) is 34.4. The molecule has 20 heavy (non-hydrogen) atoms. The fraction of sp³-hybridized carbons (Fsp3) is 0.375. The first-order valence-electron chi connectivity index (χ1n) is 5.39. The molecule has 12 heteroatoms. The molecule has 0 amide bonds. The van der Waals surface area contributed by atoms with Crippen LogP contribution < -0.4 is 11.2 Å². The number of hydrogen-bond donors (Lipinski definition) is 0. The molecule has 6 nitrogen and oxygen atoms in total. The fourth-order valence-corrected chi connectivity index (χ4v) is 1.83. The van der Waals surface area contributed by atoms with Crippen LogP contribution in [0.3, 0.4) is 0 Å². The lowest BCUT2D eigenvalue weighted by Crippen LogP contribution is -2.50. The maximum atomic E-state index is 12.2. The normalized spacial score (nSPS) is 12.8. The molecule has 0 saturated heterocycles. The summed E-state index contributed by atoms with van der Waals surface area (Å²) in [6.07, 6.45) is 1.09. The number of nitrogens with zero attached hydrogens (tertiary/aromatic N) is 4. The molecule has 0 aliphatic carbocycles. The van der Waals surface area contributed by atoms with Crippen molar-refractivity contribution in [2.24, 2.45) is 7.05 Å². The Bertz CT molecular complexity index is 793. The predicted octanol–water partition coefficient (Wildman–Crippen LogP) is -3.96. The Morgan fingerprint density at radius 2 is 1.60 bits per heavy atom. The van der Waals surface area contributed by atoms with Crippen LogP contribution in [0.5, 0.6) is 0 Å². The van der Waals surface area contributed by atoms with Crippen LogP contribution in [0.4, 0.5) is 0 Å². The Hall–Kier alpha value is -1.46. The number of aromatic nitrogens is 4. The standard InChI is InChI=1S/C8H4B6N4O2/c1-16-5(19)3-4(15-2-17(3)7(9,10)11)18(6(16)20)8(12,13)14/h2H,1H3. The molecule has 0 aliphatic heterocycles. The van der Waals surface area contributed by atoms with E-state index in [9.17, 15) is 9.59 Å². The smallest absolute Gasteiger partial charge is 0.330 e. The first-order chi connectivity index (χ1) is 8.96. The Kier molecular flexibility index (Phi) is 3.19. The molecule has 0 aliphatic rings. The van der Waals surface area contributed by atoms with Gasteiger partial charge in [0.05, 0.1) is 53.4 Å². The summed E-state index contributed by atoms with van der Waals surface area (Å²) in [4.78, 5) is 28.1. The molecular formula is C8H4B6N4O2. The second-order valence-electron chi connectivity index (χ2n) is 4.54. The molecule has 0 unspecified atom stereocenters. The quantitative estimate of drug-likeness (QED) is 0.513. The van der Waals surface area contributed by atoms with Gasteiger partial charge in [-0.25, -0.2) is 9.78 Å². The molecule has 2 heterocycles. The third-order valence-corrected chi connectivity index (χ3v) is 2.75. The van der Waals surface area contributed by atoms with E-state index >= 15 is 0 Å². The summed E-state index contributed by atoms with van der Waals surface area (Å²) in [6, 6.07) is 0. The molecule has 86 valence electrons. The van der Waals surface area contributed by atoms with Crippen LogP contribution in [0.2, 0.25) is 0 Å². The topological polar surface area (TPSA) is 61.8 Å². The minimum Gasteiger partial charge on any atom is -0.345 e. The summed E-state index contributed by atoms with van der Waals surface area (Å²) in [5, 5.41) is -3.97. The van der Waals surface area contributed by atoms with Gasteiger partial charge in [-0.15, -0.1) is 0 Å². The van der Waals surface area contributed by atoms with Gasteiger partial charge in [0.1, 0.15) is 0 Å². The van der Waals surface area contributed by atoms with Gasteiger partial charge in [0.15, 0.2) is 11.2 Å². The Morgan fingerprint density at radius 1 is 1.05 bits per heavy atom. The van der Waals surface area contributed by atoms with Crippen LogP contribution in [0.25, 0.3) is 11.2 Å². The highest BCUT2D eigenvalue weighted by molar-refractivity contribution is 6.57. The highest BCUT2D eigenvalue weighted by Gasteiger charge is 2.25. The summed E-state index contributed by atoms with van der Waals surface area (Å²) in [5.41, 5.74) is -1.87. The molecule has 0 aromatic carbocycles. The van der Waals surface area contributed by atoms with E-state index in [1.165, 1.54) is 7.05 Å². The summed E-state index contributed by atoms with van der Waals surface area (Å²) >= 11 is 0. The molecule has 0 N–H and O–H groups in total. The van der Waals surface area contributed by atoms with Gasteiger partial charge in [-0.1, -0.05) is 10.5 Å². The van der Waals surface area contributed by atoms with Crippen LogP contribution >= 0.6 is 0 Å². The van der Waals surface area contributed by atoms with Gasteiger partial charge >= 0.3 is 5.69 Å². The summed E-state index contributed by atoms with van der Waals surface area (Å²) in [5.74, 6) is 0. The van der Waals surface area contributed by atoms with E-state index in [0.717, 1.165) is 20.0 Å². The zero-order chi connectivity index (χ0) is 15.5. The van der Waals surface area contributed by atoms with Crippen LogP contribution in [-0.2, 0) is 17.5 Å². The van der Waals surface area contributed by atoms with Crippen molar-refractivity contribution in [3.05, 3.63) is 27.2 Å². The van der Waals surface area contributed by atoms with Gasteiger partial charge in [-0.05, 0) is 0 Å². The third-order valence-electron chi connectivity index (χ3n) is 2.75. The second kappa shape index (κ2) is 4.27. The largest absolute Gasteiger partial charge is 0.345 e. The van der Waals surface area contributed by atoms with Crippen LogP contribution in [0.1, 0.15) is 0 Å². The average molecular weight is 253 g/mol. The van der Waals surface area contributed by atoms with Crippen LogP contribution in [-0.4, -0.2) is 65.8 Å². The maximum absolute atomic E-state index is 12.2. The van der Waals surface area contributed by atoms with Gasteiger partial charge in [-0.3, -0.25) is 13.9 Å². The van der Waals surface area contributed by atoms with E-state index in [4.69, 9.17) is 47.1 Å². The highest BCUT2D eigenvalue weighted by Crippen LogP contribution is 2.14. The number of imidazole rings is 1. The van der Waals surface area contributed by atoms with E-state index in [1.54, 1.807) is 0 Å². The molecule has 0 fully saturated rings. The number of rotatable bonds is 2.